The molecule has 0 saturated carbocycles. The highest BCUT2D eigenvalue weighted by molar-refractivity contribution is 8.18. The number of nitro groups is 1. The molecule has 10 nitrogen and oxygen atoms in total. The molecule has 1 heterocycles. The van der Waals surface area contributed by atoms with Crippen LogP contribution in [-0.2, 0) is 20.9 Å². The molecule has 36 heavy (non-hydrogen) atoms. The maximum atomic E-state index is 12.7. The number of esters is 1. The van der Waals surface area contributed by atoms with E-state index in [9.17, 15) is 24.5 Å². The van der Waals surface area contributed by atoms with Gasteiger partial charge in [-0.2, -0.15) is 0 Å². The van der Waals surface area contributed by atoms with Crippen LogP contribution in [0.15, 0.2) is 47.4 Å². The molecule has 2 aromatic rings. The molecule has 0 bridgehead atoms. The molecule has 2 aromatic carbocycles. The smallest absolute Gasteiger partial charge is 0.326 e. The van der Waals surface area contributed by atoms with Gasteiger partial charge in [-0.1, -0.05) is 25.1 Å². The lowest BCUT2D eigenvalue weighted by Gasteiger charge is -2.15. The average Bonchev–Trinajstić information content (AvgIpc) is 3.10. The second-order valence-corrected chi connectivity index (χ2v) is 8.78. The molecule has 0 radical (unpaired) electrons. The Hall–Kier alpha value is -3.86. The number of rotatable bonds is 11. The highest BCUT2D eigenvalue weighted by atomic mass is 32.2. The van der Waals surface area contributed by atoms with Gasteiger partial charge >= 0.3 is 5.97 Å². The summed E-state index contributed by atoms with van der Waals surface area (Å²) in [6.45, 7) is 5.23. The Kier molecular flexibility index (Phi) is 9.07. The molecule has 1 aliphatic heterocycles. The normalized spacial score (nSPS) is 15.2. The largest absolute Gasteiger partial charge is 0.490 e. The van der Waals surface area contributed by atoms with Crippen molar-refractivity contribution in [2.24, 2.45) is 0 Å². The van der Waals surface area contributed by atoms with Crippen LogP contribution < -0.4 is 9.47 Å². The average molecular weight is 515 g/mol. The maximum absolute atomic E-state index is 12.7. The highest BCUT2D eigenvalue weighted by Crippen LogP contribution is 2.35. The van der Waals surface area contributed by atoms with Crippen LogP contribution in [0.4, 0.5) is 10.5 Å². The standard InChI is InChI=1S/C25H26N2O8S/c1-4-16(3)35-23(28)14-26-24(29)22(36-25(26)30)13-17-10-11-20(21(12-17)33-5-2)34-15-18-8-6-7-9-19(18)27(31)32/h6-13,16H,4-5,14-15H2,1-3H3/b22-13+/t16-/m1/s1. The predicted molar refractivity (Wildman–Crippen MR) is 134 cm³/mol. The van der Waals surface area contributed by atoms with Crippen molar-refractivity contribution in [3.8, 4) is 11.5 Å². The first-order chi connectivity index (χ1) is 17.2. The lowest BCUT2D eigenvalue weighted by Crippen LogP contribution is -2.35. The molecule has 0 aliphatic carbocycles. The summed E-state index contributed by atoms with van der Waals surface area (Å²) >= 11 is 0.733. The number of benzene rings is 2. The summed E-state index contributed by atoms with van der Waals surface area (Å²) in [7, 11) is 0. The van der Waals surface area contributed by atoms with E-state index in [2.05, 4.69) is 0 Å². The number of nitro benzene ring substituents is 1. The van der Waals surface area contributed by atoms with Crippen LogP contribution in [0.3, 0.4) is 0 Å². The second kappa shape index (κ2) is 12.2. The van der Waals surface area contributed by atoms with Gasteiger partial charge in [0, 0.05) is 6.07 Å². The number of amides is 2. The quantitative estimate of drug-likeness (QED) is 0.177. The summed E-state index contributed by atoms with van der Waals surface area (Å²) in [5.41, 5.74) is 0.939. The van der Waals surface area contributed by atoms with E-state index in [1.807, 2.05) is 6.92 Å². The van der Waals surface area contributed by atoms with Crippen molar-refractivity contribution in [2.45, 2.75) is 39.9 Å². The van der Waals surface area contributed by atoms with E-state index in [1.165, 1.54) is 12.1 Å². The fourth-order valence-corrected chi connectivity index (χ4v) is 4.07. The lowest BCUT2D eigenvalue weighted by molar-refractivity contribution is -0.385. The summed E-state index contributed by atoms with van der Waals surface area (Å²) in [5, 5.41) is 10.7. The minimum absolute atomic E-state index is 0.0395. The SMILES string of the molecule is CCOc1cc(/C=C2/SC(=O)N(CC(=O)O[C@H](C)CC)C2=O)ccc1OCc1ccccc1[N+](=O)[O-]. The molecule has 0 aromatic heterocycles. The van der Waals surface area contributed by atoms with Gasteiger partial charge in [-0.05, 0) is 61.9 Å². The zero-order valence-corrected chi connectivity index (χ0v) is 20.9. The molecular weight excluding hydrogens is 488 g/mol. The molecule has 3 rings (SSSR count). The fourth-order valence-electron chi connectivity index (χ4n) is 3.23. The Bertz CT molecular complexity index is 1200. The summed E-state index contributed by atoms with van der Waals surface area (Å²) in [5.74, 6) is -0.485. The van der Waals surface area contributed by atoms with Gasteiger partial charge in [0.15, 0.2) is 11.5 Å². The Labute approximate surface area is 212 Å². The summed E-state index contributed by atoms with van der Waals surface area (Å²) in [6.07, 6.45) is 1.84. The van der Waals surface area contributed by atoms with Gasteiger partial charge in [0.1, 0.15) is 13.2 Å². The molecule has 0 spiro atoms. The molecule has 0 unspecified atom stereocenters. The van der Waals surface area contributed by atoms with Gasteiger partial charge < -0.3 is 14.2 Å². The molecule has 1 saturated heterocycles. The number of hydrogen-bond donors (Lipinski definition) is 0. The number of imide groups is 1. The van der Waals surface area contributed by atoms with Gasteiger partial charge in [0.25, 0.3) is 16.8 Å². The van der Waals surface area contributed by atoms with Gasteiger partial charge in [0.2, 0.25) is 0 Å². The van der Waals surface area contributed by atoms with E-state index < -0.39 is 28.6 Å². The number of hydrogen-bond acceptors (Lipinski definition) is 9. The predicted octanol–water partition coefficient (Wildman–Crippen LogP) is 4.95. The molecule has 1 aliphatic rings. The van der Waals surface area contributed by atoms with Gasteiger partial charge in [-0.3, -0.25) is 29.4 Å². The van der Waals surface area contributed by atoms with Gasteiger partial charge in [0.05, 0.1) is 28.1 Å². The lowest BCUT2D eigenvalue weighted by atomic mass is 10.1. The number of carbonyl (C=O) groups is 3. The summed E-state index contributed by atoms with van der Waals surface area (Å²) < 4.78 is 16.6. The van der Waals surface area contributed by atoms with E-state index in [4.69, 9.17) is 14.2 Å². The van der Waals surface area contributed by atoms with Crippen LogP contribution in [0.1, 0.15) is 38.3 Å². The fraction of sp³-hybridized carbons (Fsp3) is 0.320. The van der Waals surface area contributed by atoms with Crippen LogP contribution in [-0.4, -0.2) is 46.2 Å². The molecule has 190 valence electrons. The molecular formula is C25H26N2O8S. The molecule has 11 heteroatoms. The van der Waals surface area contributed by atoms with E-state index >= 15 is 0 Å². The van der Waals surface area contributed by atoms with Crippen LogP contribution in [0.5, 0.6) is 11.5 Å². The van der Waals surface area contributed by atoms with Crippen molar-refractivity contribution in [3.05, 3.63) is 68.6 Å². The van der Waals surface area contributed by atoms with E-state index in [-0.39, 0.29) is 23.3 Å². The minimum Gasteiger partial charge on any atom is -0.490 e. The van der Waals surface area contributed by atoms with E-state index in [1.54, 1.807) is 50.2 Å². The molecule has 0 N–H and O–H groups in total. The van der Waals surface area contributed by atoms with Crippen molar-refractivity contribution < 1.29 is 33.5 Å². The van der Waals surface area contributed by atoms with Crippen molar-refractivity contribution >= 4 is 40.6 Å². The third-order valence-corrected chi connectivity index (χ3v) is 6.11. The van der Waals surface area contributed by atoms with E-state index in [0.29, 0.717) is 35.7 Å². The van der Waals surface area contributed by atoms with Crippen LogP contribution in [0.25, 0.3) is 6.08 Å². The van der Waals surface area contributed by atoms with Crippen LogP contribution in [0.2, 0.25) is 0 Å². The molecule has 1 fully saturated rings. The van der Waals surface area contributed by atoms with Crippen molar-refractivity contribution in [2.75, 3.05) is 13.2 Å². The number of ether oxygens (including phenoxy) is 3. The van der Waals surface area contributed by atoms with Crippen molar-refractivity contribution in [1.82, 2.24) is 4.90 Å². The maximum Gasteiger partial charge on any atom is 0.326 e. The van der Waals surface area contributed by atoms with Gasteiger partial charge in [-0.15, -0.1) is 0 Å². The van der Waals surface area contributed by atoms with Crippen molar-refractivity contribution in [3.63, 3.8) is 0 Å². The first kappa shape index (κ1) is 26.7. The number of para-hydroxylation sites is 1. The first-order valence-corrected chi connectivity index (χ1v) is 12.1. The highest BCUT2D eigenvalue weighted by Gasteiger charge is 2.37. The van der Waals surface area contributed by atoms with Crippen LogP contribution in [0, 0.1) is 10.1 Å². The zero-order valence-electron chi connectivity index (χ0n) is 20.1. The van der Waals surface area contributed by atoms with Crippen molar-refractivity contribution in [1.29, 1.82) is 0 Å². The number of thioether (sulfide) groups is 1. The first-order valence-electron chi connectivity index (χ1n) is 11.3. The summed E-state index contributed by atoms with van der Waals surface area (Å²) in [6, 6.07) is 11.2. The summed E-state index contributed by atoms with van der Waals surface area (Å²) in [4.78, 5) is 48.9. The molecule has 1 atom stereocenters. The Morgan fingerprint density at radius 2 is 1.89 bits per heavy atom. The minimum atomic E-state index is -0.647. The van der Waals surface area contributed by atoms with Gasteiger partial charge in [-0.25, -0.2) is 0 Å². The topological polar surface area (TPSA) is 125 Å². The number of carbonyl (C=O) groups excluding carboxylic acids is 3. The van der Waals surface area contributed by atoms with Crippen LogP contribution >= 0.6 is 11.8 Å². The third-order valence-electron chi connectivity index (χ3n) is 5.21. The second-order valence-electron chi connectivity index (χ2n) is 7.79. The Morgan fingerprint density at radius 3 is 2.58 bits per heavy atom. The Balaban J connectivity index is 1.75. The monoisotopic (exact) mass is 514 g/mol. The number of nitrogens with zero attached hydrogens (tertiary/aromatic N) is 2. The Morgan fingerprint density at radius 1 is 1.14 bits per heavy atom. The third kappa shape index (κ3) is 6.63. The van der Waals surface area contributed by atoms with E-state index in [0.717, 1.165) is 16.7 Å². The molecule has 2 amide bonds. The zero-order chi connectivity index (χ0) is 26.2.